The number of hydrogen-bond donors (Lipinski definition) is 0. The Hall–Kier alpha value is -2.43. The summed E-state index contributed by atoms with van der Waals surface area (Å²) in [6.45, 7) is 9.76. The molecule has 4 nitrogen and oxygen atoms in total. The number of aromatic nitrogens is 1. The lowest BCUT2D eigenvalue weighted by Gasteiger charge is -2.39. The standard InChI is InChI=1S/C26H33BN4/c1-19(23-8-10-26(28-18-23)31-12-2-11-27-31)29-13-15-30(16-14-29)25-9-7-22(20-3-4-20)17-24(25)21-5-6-21/h7-10,17-18,20-21,27H,1-6,11-16H2. The molecule has 0 unspecified atom stereocenters. The number of hydrogen-bond acceptors (Lipinski definition) is 4. The van der Waals surface area contributed by atoms with E-state index < -0.39 is 0 Å². The molecule has 0 bridgehead atoms. The lowest BCUT2D eigenvalue weighted by atomic mass is 9.91. The molecular weight excluding hydrogens is 379 g/mol. The zero-order valence-electron chi connectivity index (χ0n) is 18.6. The first kappa shape index (κ1) is 19.3. The minimum absolute atomic E-state index is 0.807. The fourth-order valence-electron chi connectivity index (χ4n) is 5.34. The topological polar surface area (TPSA) is 22.6 Å². The van der Waals surface area contributed by atoms with Crippen molar-refractivity contribution >= 4 is 24.6 Å². The molecule has 4 fully saturated rings. The van der Waals surface area contributed by atoms with Crippen LogP contribution < -0.4 is 9.71 Å². The summed E-state index contributed by atoms with van der Waals surface area (Å²) in [5.41, 5.74) is 6.98. The van der Waals surface area contributed by atoms with Crippen LogP contribution in [0.5, 0.6) is 0 Å². The van der Waals surface area contributed by atoms with Crippen LogP contribution in [0.3, 0.4) is 0 Å². The summed E-state index contributed by atoms with van der Waals surface area (Å²) in [4.78, 5) is 12.2. The second-order valence-electron chi connectivity index (χ2n) is 9.89. The van der Waals surface area contributed by atoms with Crippen molar-refractivity contribution in [3.63, 3.8) is 0 Å². The van der Waals surface area contributed by atoms with Gasteiger partial charge >= 0.3 is 0 Å². The summed E-state index contributed by atoms with van der Waals surface area (Å²) in [6.07, 6.45) is 10.1. The smallest absolute Gasteiger partial charge is 0.238 e. The molecule has 4 aliphatic rings. The van der Waals surface area contributed by atoms with E-state index in [0.717, 1.165) is 69.1 Å². The van der Waals surface area contributed by atoms with Crippen LogP contribution >= 0.6 is 0 Å². The van der Waals surface area contributed by atoms with Gasteiger partial charge in [0.25, 0.3) is 0 Å². The highest BCUT2D eigenvalue weighted by molar-refractivity contribution is 6.42. The van der Waals surface area contributed by atoms with Crippen LogP contribution in [0.25, 0.3) is 5.70 Å². The average Bonchev–Trinajstić information content (AvgIpc) is 3.77. The number of anilines is 2. The minimum atomic E-state index is 0.807. The summed E-state index contributed by atoms with van der Waals surface area (Å²) in [5, 5.41) is 0. The molecule has 1 aromatic heterocycles. The number of benzene rings is 1. The molecule has 1 aromatic carbocycles. The zero-order chi connectivity index (χ0) is 20.8. The second-order valence-corrected chi connectivity index (χ2v) is 9.89. The Bertz CT molecular complexity index is 950. The van der Waals surface area contributed by atoms with E-state index >= 15 is 0 Å². The summed E-state index contributed by atoms with van der Waals surface area (Å²) < 4.78 is 0. The molecule has 5 heteroatoms. The van der Waals surface area contributed by atoms with Gasteiger partial charge in [-0.15, -0.1) is 0 Å². The Kier molecular flexibility index (Phi) is 4.93. The lowest BCUT2D eigenvalue weighted by molar-refractivity contribution is 0.367. The van der Waals surface area contributed by atoms with Gasteiger partial charge in [0.05, 0.1) is 0 Å². The summed E-state index contributed by atoms with van der Waals surface area (Å²) in [7, 11) is 1.14. The number of piperazine rings is 1. The van der Waals surface area contributed by atoms with Crippen molar-refractivity contribution in [1.82, 2.24) is 9.88 Å². The molecule has 31 heavy (non-hydrogen) atoms. The minimum Gasteiger partial charge on any atom is -0.404 e. The maximum absolute atomic E-state index is 4.73. The maximum Gasteiger partial charge on any atom is 0.238 e. The predicted octanol–water partition coefficient (Wildman–Crippen LogP) is 4.61. The van der Waals surface area contributed by atoms with Gasteiger partial charge in [0, 0.05) is 55.9 Å². The summed E-state index contributed by atoms with van der Waals surface area (Å²) >= 11 is 0. The van der Waals surface area contributed by atoms with Gasteiger partial charge in [-0.3, -0.25) is 0 Å². The molecule has 2 aromatic rings. The molecule has 2 aliphatic heterocycles. The van der Waals surface area contributed by atoms with Crippen molar-refractivity contribution in [2.45, 2.75) is 50.3 Å². The predicted molar refractivity (Wildman–Crippen MR) is 131 cm³/mol. The van der Waals surface area contributed by atoms with Gasteiger partial charge in [-0.2, -0.15) is 0 Å². The van der Waals surface area contributed by atoms with Gasteiger partial charge in [0.2, 0.25) is 7.41 Å². The van der Waals surface area contributed by atoms with Crippen molar-refractivity contribution in [2.24, 2.45) is 0 Å². The summed E-state index contributed by atoms with van der Waals surface area (Å²) in [5.74, 6) is 2.76. The van der Waals surface area contributed by atoms with Crippen molar-refractivity contribution in [3.05, 3.63) is 59.8 Å². The van der Waals surface area contributed by atoms with Gasteiger partial charge < -0.3 is 14.6 Å². The van der Waals surface area contributed by atoms with E-state index in [4.69, 9.17) is 4.98 Å². The first-order valence-electron chi connectivity index (χ1n) is 12.3. The van der Waals surface area contributed by atoms with Crippen LogP contribution in [0.2, 0.25) is 6.32 Å². The Morgan fingerprint density at radius 2 is 1.74 bits per heavy atom. The van der Waals surface area contributed by atoms with E-state index in [9.17, 15) is 0 Å². The SMILES string of the molecule is C=C(c1ccc(N2BCCC2)nc1)N1CCN(c2ccc(C3CC3)cc2C2CC2)CC1. The zero-order valence-corrected chi connectivity index (χ0v) is 18.6. The largest absolute Gasteiger partial charge is 0.404 e. The van der Waals surface area contributed by atoms with E-state index in [-0.39, 0.29) is 0 Å². The van der Waals surface area contributed by atoms with Crippen LogP contribution in [-0.4, -0.2) is 50.0 Å². The fraction of sp³-hybridized carbons (Fsp3) is 0.500. The van der Waals surface area contributed by atoms with Gasteiger partial charge in [-0.25, -0.2) is 4.98 Å². The van der Waals surface area contributed by atoms with E-state index in [0.29, 0.717) is 0 Å². The fourth-order valence-corrected chi connectivity index (χ4v) is 5.34. The average molecular weight is 412 g/mol. The highest BCUT2D eigenvalue weighted by atomic mass is 15.3. The first-order valence-corrected chi connectivity index (χ1v) is 12.3. The normalized spacial score (nSPS) is 21.4. The molecule has 0 atom stereocenters. The molecule has 0 amide bonds. The Labute approximate surface area is 187 Å². The third-order valence-corrected chi connectivity index (χ3v) is 7.63. The Morgan fingerprint density at radius 1 is 0.935 bits per heavy atom. The lowest BCUT2D eigenvalue weighted by Crippen LogP contribution is -2.45. The number of pyridine rings is 1. The van der Waals surface area contributed by atoms with E-state index in [1.807, 2.05) is 6.20 Å². The Morgan fingerprint density at radius 3 is 2.39 bits per heavy atom. The van der Waals surface area contributed by atoms with Crippen LogP contribution in [0.15, 0.2) is 43.1 Å². The molecule has 0 N–H and O–H groups in total. The van der Waals surface area contributed by atoms with Crippen molar-refractivity contribution in [2.75, 3.05) is 42.4 Å². The van der Waals surface area contributed by atoms with E-state index in [1.165, 1.54) is 44.1 Å². The second kappa shape index (κ2) is 7.92. The molecule has 2 aliphatic carbocycles. The van der Waals surface area contributed by atoms with E-state index in [2.05, 4.69) is 51.5 Å². The van der Waals surface area contributed by atoms with Crippen LogP contribution in [0.4, 0.5) is 11.5 Å². The molecule has 160 valence electrons. The molecule has 0 radical (unpaired) electrons. The van der Waals surface area contributed by atoms with Gasteiger partial charge in [-0.05, 0) is 73.3 Å². The Balaban J connectivity index is 1.11. The third kappa shape index (κ3) is 3.95. The van der Waals surface area contributed by atoms with E-state index in [1.54, 1.807) is 11.1 Å². The van der Waals surface area contributed by atoms with Crippen LogP contribution in [0.1, 0.15) is 60.6 Å². The van der Waals surface area contributed by atoms with Gasteiger partial charge in [-0.1, -0.05) is 25.0 Å². The molecule has 2 saturated heterocycles. The van der Waals surface area contributed by atoms with Gasteiger partial charge in [0.15, 0.2) is 0 Å². The van der Waals surface area contributed by atoms with Crippen molar-refractivity contribution < 1.29 is 0 Å². The molecular formula is C26H33BN4. The van der Waals surface area contributed by atoms with Gasteiger partial charge in [0.1, 0.15) is 5.82 Å². The van der Waals surface area contributed by atoms with Crippen molar-refractivity contribution in [3.8, 4) is 0 Å². The maximum atomic E-state index is 4.73. The third-order valence-electron chi connectivity index (χ3n) is 7.63. The quantitative estimate of drug-likeness (QED) is 0.647. The highest BCUT2D eigenvalue weighted by Gasteiger charge is 2.31. The molecule has 0 spiro atoms. The molecule has 2 saturated carbocycles. The van der Waals surface area contributed by atoms with Crippen molar-refractivity contribution in [1.29, 1.82) is 0 Å². The number of rotatable bonds is 6. The van der Waals surface area contributed by atoms with Crippen LogP contribution in [0, 0.1) is 0 Å². The first-order chi connectivity index (χ1) is 15.3. The highest BCUT2D eigenvalue weighted by Crippen LogP contribution is 2.48. The van der Waals surface area contributed by atoms with Crippen LogP contribution in [-0.2, 0) is 0 Å². The summed E-state index contributed by atoms with van der Waals surface area (Å²) in [6, 6.07) is 11.7. The monoisotopic (exact) mass is 412 g/mol. The number of nitrogens with zero attached hydrogens (tertiary/aromatic N) is 4. The molecule has 3 heterocycles. The molecule has 6 rings (SSSR count).